The van der Waals surface area contributed by atoms with Gasteiger partial charge in [-0.3, -0.25) is 9.20 Å². The second kappa shape index (κ2) is 8.35. The number of thiazole rings is 1. The molecule has 1 saturated heterocycles. The highest BCUT2D eigenvalue weighted by molar-refractivity contribution is 7.19. The van der Waals surface area contributed by atoms with Gasteiger partial charge in [-0.25, -0.2) is 9.78 Å². The van der Waals surface area contributed by atoms with Crippen LogP contribution < -0.4 is 4.74 Å². The number of rotatable bonds is 4. The van der Waals surface area contributed by atoms with Gasteiger partial charge in [-0.05, 0) is 38.1 Å². The second-order valence-corrected chi connectivity index (χ2v) is 7.98. The third kappa shape index (κ3) is 3.72. The zero-order valence-electron chi connectivity index (χ0n) is 17.3. The number of carbonyl (C=O) groups excluding carboxylic acids is 2. The zero-order chi connectivity index (χ0) is 21.3. The van der Waals surface area contributed by atoms with Gasteiger partial charge in [0.15, 0.2) is 4.96 Å². The van der Waals surface area contributed by atoms with Crippen molar-refractivity contribution in [3.63, 3.8) is 0 Å². The van der Waals surface area contributed by atoms with Gasteiger partial charge in [-0.2, -0.15) is 0 Å². The Kier molecular flexibility index (Phi) is 5.63. The lowest BCUT2D eigenvalue weighted by Crippen LogP contribution is -2.50. The van der Waals surface area contributed by atoms with Crippen LogP contribution in [-0.2, 0) is 4.74 Å². The van der Waals surface area contributed by atoms with E-state index in [4.69, 9.17) is 14.5 Å². The summed E-state index contributed by atoms with van der Waals surface area (Å²) < 4.78 is 12.2. The Hall–Kier alpha value is -3.07. The van der Waals surface area contributed by atoms with Crippen LogP contribution >= 0.6 is 11.3 Å². The molecule has 0 N–H and O–H groups in total. The number of aryl methyl sites for hydroxylation is 1. The van der Waals surface area contributed by atoms with Crippen LogP contribution in [0.15, 0.2) is 30.5 Å². The Morgan fingerprint density at radius 1 is 1.10 bits per heavy atom. The molecule has 0 spiro atoms. The molecule has 8 nitrogen and oxygen atoms in total. The van der Waals surface area contributed by atoms with E-state index in [0.29, 0.717) is 37.7 Å². The topological polar surface area (TPSA) is 76.4 Å². The van der Waals surface area contributed by atoms with E-state index in [0.717, 1.165) is 27.7 Å². The molecule has 158 valence electrons. The van der Waals surface area contributed by atoms with Crippen LogP contribution in [0.1, 0.15) is 22.3 Å². The quantitative estimate of drug-likeness (QED) is 0.637. The highest BCUT2D eigenvalue weighted by atomic mass is 32.1. The molecule has 4 rings (SSSR count). The number of piperazine rings is 1. The number of nitrogens with zero attached hydrogens (tertiary/aromatic N) is 4. The number of methoxy groups -OCH3 is 1. The first-order valence-electron chi connectivity index (χ1n) is 9.85. The molecule has 2 aromatic heterocycles. The fourth-order valence-corrected chi connectivity index (χ4v) is 4.58. The SMILES string of the molecule is CCOC(=O)N1CCN(C(=O)c2sc3nc(-c4ccc(OC)cc4)cn3c2C)CC1. The minimum Gasteiger partial charge on any atom is -0.497 e. The third-order valence-corrected chi connectivity index (χ3v) is 6.37. The predicted octanol–water partition coefficient (Wildman–Crippen LogP) is 3.29. The maximum Gasteiger partial charge on any atom is 0.409 e. The van der Waals surface area contributed by atoms with E-state index in [1.54, 1.807) is 23.8 Å². The van der Waals surface area contributed by atoms with Crippen LogP contribution in [0, 0.1) is 6.92 Å². The summed E-state index contributed by atoms with van der Waals surface area (Å²) in [5.41, 5.74) is 2.73. The van der Waals surface area contributed by atoms with Gasteiger partial charge >= 0.3 is 6.09 Å². The van der Waals surface area contributed by atoms with Crippen molar-refractivity contribution < 1.29 is 19.1 Å². The molecule has 0 saturated carbocycles. The molecule has 2 amide bonds. The number of amides is 2. The molecule has 3 heterocycles. The number of benzene rings is 1. The summed E-state index contributed by atoms with van der Waals surface area (Å²) in [6.07, 6.45) is 1.64. The first-order valence-corrected chi connectivity index (χ1v) is 10.7. The van der Waals surface area contributed by atoms with Gasteiger partial charge in [0.2, 0.25) is 0 Å². The van der Waals surface area contributed by atoms with Crippen LogP contribution in [0.4, 0.5) is 4.79 Å². The monoisotopic (exact) mass is 428 g/mol. The number of carbonyl (C=O) groups is 2. The third-order valence-electron chi connectivity index (χ3n) is 5.23. The Bertz CT molecular complexity index is 1060. The number of hydrogen-bond acceptors (Lipinski definition) is 6. The lowest BCUT2D eigenvalue weighted by molar-refractivity contribution is 0.0573. The molecule has 30 heavy (non-hydrogen) atoms. The molecule has 1 aliphatic rings. The van der Waals surface area contributed by atoms with Gasteiger partial charge in [0.1, 0.15) is 10.6 Å². The number of hydrogen-bond donors (Lipinski definition) is 0. The van der Waals surface area contributed by atoms with Crippen molar-refractivity contribution in [3.05, 3.63) is 41.0 Å². The van der Waals surface area contributed by atoms with Crippen molar-refractivity contribution >= 4 is 28.3 Å². The van der Waals surface area contributed by atoms with Gasteiger partial charge < -0.3 is 19.3 Å². The molecule has 9 heteroatoms. The zero-order valence-corrected chi connectivity index (χ0v) is 18.1. The van der Waals surface area contributed by atoms with Crippen molar-refractivity contribution in [1.82, 2.24) is 19.2 Å². The Labute approximate surface area is 178 Å². The van der Waals surface area contributed by atoms with Gasteiger partial charge in [-0.1, -0.05) is 11.3 Å². The van der Waals surface area contributed by atoms with Crippen molar-refractivity contribution in [3.8, 4) is 17.0 Å². The average molecular weight is 429 g/mol. The van der Waals surface area contributed by atoms with Crippen LogP contribution in [0.2, 0.25) is 0 Å². The summed E-state index contributed by atoms with van der Waals surface area (Å²) in [5.74, 6) is 0.782. The Balaban J connectivity index is 1.49. The van der Waals surface area contributed by atoms with Gasteiger partial charge in [0.05, 0.1) is 19.4 Å². The highest BCUT2D eigenvalue weighted by Crippen LogP contribution is 2.29. The maximum absolute atomic E-state index is 13.1. The minimum atomic E-state index is -0.318. The molecule has 1 aliphatic heterocycles. The molecule has 0 atom stereocenters. The molecular formula is C21H24N4O4S. The standard InChI is InChI=1S/C21H24N4O4S/c1-4-29-21(27)24-11-9-23(10-12-24)19(26)18-14(2)25-13-17(22-20(25)30-18)15-5-7-16(28-3)8-6-15/h5-8,13H,4,9-12H2,1-3H3. The molecule has 3 aromatic rings. The van der Waals surface area contributed by atoms with E-state index in [-0.39, 0.29) is 12.0 Å². The average Bonchev–Trinajstić information content (AvgIpc) is 3.33. The first-order chi connectivity index (χ1) is 14.5. The van der Waals surface area contributed by atoms with Crippen molar-refractivity contribution in [2.45, 2.75) is 13.8 Å². The van der Waals surface area contributed by atoms with E-state index in [1.807, 2.05) is 41.8 Å². The fourth-order valence-electron chi connectivity index (χ4n) is 3.50. The molecule has 0 aliphatic carbocycles. The molecular weight excluding hydrogens is 404 g/mol. The number of ether oxygens (including phenoxy) is 2. The number of aromatic nitrogens is 2. The normalized spacial score (nSPS) is 14.2. The van der Waals surface area contributed by atoms with Crippen LogP contribution in [0.3, 0.4) is 0 Å². The minimum absolute atomic E-state index is 0.0162. The van der Waals surface area contributed by atoms with E-state index in [9.17, 15) is 9.59 Å². The highest BCUT2D eigenvalue weighted by Gasteiger charge is 2.28. The van der Waals surface area contributed by atoms with Crippen LogP contribution in [0.5, 0.6) is 5.75 Å². The summed E-state index contributed by atoms with van der Waals surface area (Å²) in [4.78, 5) is 34.5. The van der Waals surface area contributed by atoms with Crippen LogP contribution in [-0.4, -0.2) is 71.1 Å². The number of fused-ring (bicyclic) bond motifs is 1. The lowest BCUT2D eigenvalue weighted by atomic mass is 10.2. The van der Waals surface area contributed by atoms with Crippen molar-refractivity contribution in [2.75, 3.05) is 39.9 Å². The smallest absolute Gasteiger partial charge is 0.409 e. The Morgan fingerprint density at radius 2 is 1.77 bits per heavy atom. The number of imidazole rings is 1. The van der Waals surface area contributed by atoms with E-state index in [2.05, 4.69) is 0 Å². The maximum atomic E-state index is 13.1. The van der Waals surface area contributed by atoms with Crippen molar-refractivity contribution in [2.24, 2.45) is 0 Å². The lowest BCUT2D eigenvalue weighted by Gasteiger charge is -2.33. The molecule has 0 unspecified atom stereocenters. The van der Waals surface area contributed by atoms with E-state index >= 15 is 0 Å². The fraction of sp³-hybridized carbons (Fsp3) is 0.381. The van der Waals surface area contributed by atoms with Gasteiger partial charge in [0, 0.05) is 43.6 Å². The summed E-state index contributed by atoms with van der Waals surface area (Å²) in [7, 11) is 1.64. The summed E-state index contributed by atoms with van der Waals surface area (Å²) in [5, 5.41) is 0. The molecule has 1 aromatic carbocycles. The summed E-state index contributed by atoms with van der Waals surface area (Å²) in [6.45, 7) is 6.02. The summed E-state index contributed by atoms with van der Waals surface area (Å²) >= 11 is 1.39. The first kappa shape index (κ1) is 20.2. The molecule has 0 bridgehead atoms. The second-order valence-electron chi connectivity index (χ2n) is 7.00. The Morgan fingerprint density at radius 3 is 2.37 bits per heavy atom. The van der Waals surface area contributed by atoms with E-state index < -0.39 is 0 Å². The van der Waals surface area contributed by atoms with Crippen molar-refractivity contribution in [1.29, 1.82) is 0 Å². The van der Waals surface area contributed by atoms with Crippen LogP contribution in [0.25, 0.3) is 16.2 Å². The van der Waals surface area contributed by atoms with Gasteiger partial charge in [-0.15, -0.1) is 0 Å². The predicted molar refractivity (Wildman–Crippen MR) is 114 cm³/mol. The largest absolute Gasteiger partial charge is 0.497 e. The van der Waals surface area contributed by atoms with E-state index in [1.165, 1.54) is 11.3 Å². The molecule has 1 fully saturated rings. The van der Waals surface area contributed by atoms with Gasteiger partial charge in [0.25, 0.3) is 5.91 Å². The molecule has 0 radical (unpaired) electrons. The summed E-state index contributed by atoms with van der Waals surface area (Å²) in [6, 6.07) is 7.74.